The van der Waals surface area contributed by atoms with Crippen LogP contribution in [-0.2, 0) is 4.79 Å². The first-order valence-corrected chi connectivity index (χ1v) is 8.55. The molecule has 126 valence electrons. The summed E-state index contributed by atoms with van der Waals surface area (Å²) in [6.07, 6.45) is 8.28. The normalized spacial score (nSPS) is 15.2. The van der Waals surface area contributed by atoms with Crippen LogP contribution in [0.3, 0.4) is 0 Å². The summed E-state index contributed by atoms with van der Waals surface area (Å²) in [5, 5.41) is 12.2. The molecule has 5 nitrogen and oxygen atoms in total. The van der Waals surface area contributed by atoms with Crippen LogP contribution in [0, 0.1) is 12.8 Å². The van der Waals surface area contributed by atoms with Crippen molar-refractivity contribution in [3.63, 3.8) is 0 Å². The fraction of sp³-hybridized carbons (Fsp3) is 0.421. The van der Waals surface area contributed by atoms with Crippen LogP contribution in [0.2, 0.25) is 0 Å². The molecule has 1 aromatic heterocycles. The molecule has 2 aromatic rings. The van der Waals surface area contributed by atoms with Crippen LogP contribution in [0.15, 0.2) is 30.5 Å². The number of aromatic nitrogens is 2. The van der Waals surface area contributed by atoms with Crippen LogP contribution in [0.1, 0.15) is 44.2 Å². The lowest BCUT2D eigenvalue weighted by molar-refractivity contribution is -0.117. The highest BCUT2D eigenvalue weighted by molar-refractivity contribution is 5.90. The number of aromatic hydroxyl groups is 1. The summed E-state index contributed by atoms with van der Waals surface area (Å²) < 4.78 is 0. The number of phenols is 1. The molecule has 1 aromatic carbocycles. The summed E-state index contributed by atoms with van der Waals surface area (Å²) in [5.41, 5.74) is 2.29. The lowest BCUT2D eigenvalue weighted by atomic mass is 9.87. The maximum absolute atomic E-state index is 12.2. The smallest absolute Gasteiger partial charge is 0.225 e. The van der Waals surface area contributed by atoms with Crippen LogP contribution < -0.4 is 5.32 Å². The van der Waals surface area contributed by atoms with E-state index in [-0.39, 0.29) is 11.7 Å². The quantitative estimate of drug-likeness (QED) is 0.888. The lowest BCUT2D eigenvalue weighted by Gasteiger charge is -2.20. The summed E-state index contributed by atoms with van der Waals surface area (Å²) in [5.74, 6) is 1.27. The van der Waals surface area contributed by atoms with E-state index in [1.807, 2.05) is 6.92 Å². The Morgan fingerprint density at radius 1 is 1.21 bits per heavy atom. The maximum Gasteiger partial charge on any atom is 0.225 e. The second kappa shape index (κ2) is 7.43. The zero-order valence-corrected chi connectivity index (χ0v) is 14.0. The van der Waals surface area contributed by atoms with Crippen LogP contribution in [0.25, 0.3) is 11.3 Å². The lowest BCUT2D eigenvalue weighted by Crippen LogP contribution is -2.19. The Balaban J connectivity index is 1.66. The van der Waals surface area contributed by atoms with Gasteiger partial charge in [0.25, 0.3) is 0 Å². The Kier molecular flexibility index (Phi) is 5.08. The fourth-order valence-corrected chi connectivity index (χ4v) is 3.21. The van der Waals surface area contributed by atoms with Gasteiger partial charge in [-0.1, -0.05) is 19.3 Å². The molecule has 0 saturated heterocycles. The molecule has 1 fully saturated rings. The molecule has 0 radical (unpaired) electrons. The largest absolute Gasteiger partial charge is 0.508 e. The highest BCUT2D eigenvalue weighted by Gasteiger charge is 2.18. The summed E-state index contributed by atoms with van der Waals surface area (Å²) in [4.78, 5) is 21.1. The van der Waals surface area contributed by atoms with Gasteiger partial charge >= 0.3 is 0 Å². The molecule has 1 amide bonds. The van der Waals surface area contributed by atoms with Crippen LogP contribution >= 0.6 is 0 Å². The van der Waals surface area contributed by atoms with Crippen LogP contribution in [0.5, 0.6) is 5.75 Å². The van der Waals surface area contributed by atoms with E-state index in [1.165, 1.54) is 19.3 Å². The number of rotatable bonds is 4. The predicted molar refractivity (Wildman–Crippen MR) is 93.7 cm³/mol. The Hall–Kier alpha value is -2.43. The molecule has 0 unspecified atom stereocenters. The van der Waals surface area contributed by atoms with Crippen molar-refractivity contribution in [3.8, 4) is 17.0 Å². The molecule has 0 aliphatic heterocycles. The van der Waals surface area contributed by atoms with Gasteiger partial charge in [-0.2, -0.15) is 0 Å². The number of benzene rings is 1. The topological polar surface area (TPSA) is 75.1 Å². The number of hydrogen-bond donors (Lipinski definition) is 2. The molecule has 3 rings (SSSR count). The van der Waals surface area contributed by atoms with Gasteiger partial charge in [-0.25, -0.2) is 9.97 Å². The molecule has 0 bridgehead atoms. The third kappa shape index (κ3) is 4.10. The van der Waals surface area contributed by atoms with E-state index in [0.717, 1.165) is 24.1 Å². The minimum Gasteiger partial charge on any atom is -0.508 e. The highest BCUT2D eigenvalue weighted by atomic mass is 16.3. The maximum atomic E-state index is 12.2. The van der Waals surface area contributed by atoms with Gasteiger partial charge < -0.3 is 10.4 Å². The number of nitrogens with one attached hydrogen (secondary N) is 1. The molecular formula is C19H23N3O2. The third-order valence-electron chi connectivity index (χ3n) is 4.57. The fourth-order valence-electron chi connectivity index (χ4n) is 3.21. The van der Waals surface area contributed by atoms with Gasteiger partial charge in [0.1, 0.15) is 5.75 Å². The number of carbonyl (C=O) groups excluding carboxylic acids is 1. The van der Waals surface area contributed by atoms with E-state index in [1.54, 1.807) is 30.5 Å². The molecule has 1 heterocycles. The van der Waals surface area contributed by atoms with Crippen molar-refractivity contribution in [1.82, 2.24) is 9.97 Å². The van der Waals surface area contributed by atoms with E-state index in [0.29, 0.717) is 23.9 Å². The number of phenolic OH excluding ortho intramolecular Hbond substituents is 1. The summed E-state index contributed by atoms with van der Waals surface area (Å²) in [6.45, 7) is 1.84. The van der Waals surface area contributed by atoms with Gasteiger partial charge in [0.2, 0.25) is 5.91 Å². The second-order valence-corrected chi connectivity index (χ2v) is 6.49. The molecule has 1 aliphatic carbocycles. The average molecular weight is 325 g/mol. The minimum absolute atomic E-state index is 0.0247. The first-order chi connectivity index (χ1) is 11.6. The minimum atomic E-state index is 0.0247. The van der Waals surface area contributed by atoms with Gasteiger partial charge in [0.05, 0.1) is 17.6 Å². The van der Waals surface area contributed by atoms with Crippen molar-refractivity contribution < 1.29 is 9.90 Å². The van der Waals surface area contributed by atoms with E-state index in [2.05, 4.69) is 15.3 Å². The monoisotopic (exact) mass is 325 g/mol. The Bertz CT molecular complexity index is 707. The standard InChI is InChI=1S/C19H23N3O2/c1-13-19(22-18(24)11-14-5-3-2-4-6-14)20-12-17(21-13)15-7-9-16(23)10-8-15/h7-10,12,14,23H,2-6,11H2,1H3,(H,20,22,24). The van der Waals surface area contributed by atoms with Gasteiger partial charge in [-0.05, 0) is 49.9 Å². The van der Waals surface area contributed by atoms with Crippen molar-refractivity contribution in [1.29, 1.82) is 0 Å². The number of aryl methyl sites for hydroxylation is 1. The molecule has 2 N–H and O–H groups in total. The van der Waals surface area contributed by atoms with Crippen LogP contribution in [0.4, 0.5) is 5.82 Å². The van der Waals surface area contributed by atoms with Gasteiger partial charge in [0, 0.05) is 12.0 Å². The Morgan fingerprint density at radius 3 is 2.58 bits per heavy atom. The molecular weight excluding hydrogens is 302 g/mol. The molecule has 5 heteroatoms. The summed E-state index contributed by atoms with van der Waals surface area (Å²) in [7, 11) is 0. The van der Waals surface area contributed by atoms with E-state index >= 15 is 0 Å². The number of hydrogen-bond acceptors (Lipinski definition) is 4. The molecule has 1 saturated carbocycles. The zero-order chi connectivity index (χ0) is 16.9. The van der Waals surface area contributed by atoms with Crippen molar-refractivity contribution in [2.45, 2.75) is 45.4 Å². The zero-order valence-electron chi connectivity index (χ0n) is 14.0. The summed E-state index contributed by atoms with van der Waals surface area (Å²) in [6, 6.07) is 6.82. The van der Waals surface area contributed by atoms with Gasteiger partial charge in [0.15, 0.2) is 5.82 Å². The number of anilines is 1. The first kappa shape index (κ1) is 16.4. The average Bonchev–Trinajstić information content (AvgIpc) is 2.58. The number of amides is 1. The molecule has 24 heavy (non-hydrogen) atoms. The van der Waals surface area contributed by atoms with E-state index in [4.69, 9.17) is 0 Å². The van der Waals surface area contributed by atoms with Crippen molar-refractivity contribution >= 4 is 11.7 Å². The van der Waals surface area contributed by atoms with Crippen LogP contribution in [-0.4, -0.2) is 21.0 Å². The van der Waals surface area contributed by atoms with Crippen molar-refractivity contribution in [2.75, 3.05) is 5.32 Å². The first-order valence-electron chi connectivity index (χ1n) is 8.55. The second-order valence-electron chi connectivity index (χ2n) is 6.49. The molecule has 0 atom stereocenters. The Labute approximate surface area is 142 Å². The summed E-state index contributed by atoms with van der Waals surface area (Å²) >= 11 is 0. The van der Waals surface area contributed by atoms with E-state index in [9.17, 15) is 9.90 Å². The number of carbonyl (C=O) groups is 1. The van der Waals surface area contributed by atoms with Crippen molar-refractivity contribution in [3.05, 3.63) is 36.2 Å². The predicted octanol–water partition coefficient (Wildman–Crippen LogP) is 4.07. The molecule has 1 aliphatic rings. The SMILES string of the molecule is Cc1nc(-c2ccc(O)cc2)cnc1NC(=O)CC1CCCCC1. The molecule has 0 spiro atoms. The number of nitrogens with zero attached hydrogens (tertiary/aromatic N) is 2. The Morgan fingerprint density at radius 2 is 1.92 bits per heavy atom. The third-order valence-corrected chi connectivity index (χ3v) is 4.57. The highest BCUT2D eigenvalue weighted by Crippen LogP contribution is 2.27. The van der Waals surface area contributed by atoms with Gasteiger partial charge in [-0.15, -0.1) is 0 Å². The van der Waals surface area contributed by atoms with Gasteiger partial charge in [-0.3, -0.25) is 4.79 Å². The van der Waals surface area contributed by atoms with Crippen molar-refractivity contribution in [2.24, 2.45) is 5.92 Å². The van der Waals surface area contributed by atoms with E-state index < -0.39 is 0 Å².